The van der Waals surface area contributed by atoms with E-state index in [1.165, 1.54) is 5.52 Å². The minimum absolute atomic E-state index is 0.491. The molecular weight excluding hydrogens is 262 g/mol. The van der Waals surface area contributed by atoms with E-state index in [2.05, 4.69) is 31.7 Å². The van der Waals surface area contributed by atoms with Crippen LogP contribution in [-0.4, -0.2) is 19.5 Å². The Kier molecular flexibility index (Phi) is 2.88. The van der Waals surface area contributed by atoms with Crippen LogP contribution in [0.3, 0.4) is 0 Å². The predicted molar refractivity (Wildman–Crippen MR) is 80.6 cm³/mol. The fourth-order valence-electron chi connectivity index (χ4n) is 3.56. The molecule has 0 atom stereocenters. The molecule has 0 aliphatic heterocycles. The first-order valence-electron chi connectivity index (χ1n) is 7.52. The van der Waals surface area contributed by atoms with Gasteiger partial charge < -0.3 is 9.55 Å². The molecule has 3 aromatic rings. The number of nitriles is 1. The Morgan fingerprint density at radius 2 is 2.14 bits per heavy atom. The number of aromatic amines is 1. The van der Waals surface area contributed by atoms with Crippen molar-refractivity contribution in [2.45, 2.75) is 38.1 Å². The van der Waals surface area contributed by atoms with Crippen molar-refractivity contribution in [1.82, 2.24) is 19.5 Å². The fourth-order valence-corrected chi connectivity index (χ4v) is 3.56. The van der Waals surface area contributed by atoms with Crippen LogP contribution >= 0.6 is 0 Å². The summed E-state index contributed by atoms with van der Waals surface area (Å²) in [4.78, 5) is 12.1. The molecule has 3 aromatic heterocycles. The number of pyridine rings is 1. The van der Waals surface area contributed by atoms with Crippen LogP contribution in [0.4, 0.5) is 0 Å². The molecule has 1 fully saturated rings. The SMILES string of the molecule is N#CC[C@H]1CC[C@H](n2cnc3cnc4[nH]ccc4c32)CC1. The van der Waals surface area contributed by atoms with Crippen LogP contribution in [0.25, 0.3) is 22.1 Å². The second-order valence-electron chi connectivity index (χ2n) is 5.92. The summed E-state index contributed by atoms with van der Waals surface area (Å²) in [7, 11) is 0. The predicted octanol–water partition coefficient (Wildman–Crippen LogP) is 3.56. The summed E-state index contributed by atoms with van der Waals surface area (Å²) in [6, 6.07) is 4.87. The fraction of sp³-hybridized carbons (Fsp3) is 0.438. The van der Waals surface area contributed by atoms with Gasteiger partial charge in [-0.2, -0.15) is 5.26 Å². The third kappa shape index (κ3) is 1.99. The van der Waals surface area contributed by atoms with E-state index in [0.717, 1.165) is 42.2 Å². The van der Waals surface area contributed by atoms with Gasteiger partial charge in [-0.1, -0.05) is 0 Å². The second-order valence-corrected chi connectivity index (χ2v) is 5.92. The average molecular weight is 279 g/mol. The topological polar surface area (TPSA) is 70.3 Å². The zero-order valence-electron chi connectivity index (χ0n) is 11.8. The zero-order valence-corrected chi connectivity index (χ0v) is 11.8. The molecule has 4 rings (SSSR count). The Morgan fingerprint density at radius 1 is 1.29 bits per heavy atom. The van der Waals surface area contributed by atoms with E-state index in [1.54, 1.807) is 0 Å². The summed E-state index contributed by atoms with van der Waals surface area (Å²) in [5.74, 6) is 0.579. The monoisotopic (exact) mass is 279 g/mol. The number of aromatic nitrogens is 4. The first kappa shape index (κ1) is 12.4. The minimum Gasteiger partial charge on any atom is -0.346 e. The molecule has 0 bridgehead atoms. The van der Waals surface area contributed by atoms with E-state index in [1.807, 2.05) is 18.7 Å². The summed E-state index contributed by atoms with van der Waals surface area (Å²) in [5.41, 5.74) is 3.06. The highest BCUT2D eigenvalue weighted by molar-refractivity contribution is 6.00. The molecule has 1 aliphatic carbocycles. The van der Waals surface area contributed by atoms with Crippen LogP contribution in [0, 0.1) is 17.2 Å². The largest absolute Gasteiger partial charge is 0.346 e. The highest BCUT2D eigenvalue weighted by Gasteiger charge is 2.24. The normalized spacial score (nSPS) is 22.6. The van der Waals surface area contributed by atoms with Gasteiger partial charge >= 0.3 is 0 Å². The van der Waals surface area contributed by atoms with Crippen molar-refractivity contribution in [1.29, 1.82) is 5.26 Å². The molecular formula is C16H17N5. The number of nitrogens with zero attached hydrogens (tertiary/aromatic N) is 4. The Labute approximate surface area is 122 Å². The smallest absolute Gasteiger partial charge is 0.139 e. The Bertz CT molecular complexity index is 814. The number of hydrogen-bond acceptors (Lipinski definition) is 3. The number of nitrogens with one attached hydrogen (secondary N) is 1. The molecule has 5 nitrogen and oxygen atoms in total. The van der Waals surface area contributed by atoms with Gasteiger partial charge in [-0.15, -0.1) is 0 Å². The molecule has 1 saturated carbocycles. The number of imidazole rings is 1. The van der Waals surface area contributed by atoms with Gasteiger partial charge in [-0.05, 0) is 37.7 Å². The standard InChI is InChI=1S/C16H17N5/c17-7-5-11-1-3-12(4-2-11)21-10-20-14-9-19-16-13(15(14)21)6-8-18-16/h6,8-12H,1-5H2,(H,18,19)/t11-,12-. The van der Waals surface area contributed by atoms with Crippen molar-refractivity contribution >= 4 is 22.1 Å². The summed E-state index contributed by atoms with van der Waals surface area (Å²) in [5, 5.41) is 9.97. The van der Waals surface area contributed by atoms with Crippen LogP contribution in [0.15, 0.2) is 24.8 Å². The summed E-state index contributed by atoms with van der Waals surface area (Å²) < 4.78 is 2.32. The maximum absolute atomic E-state index is 8.83. The molecule has 0 spiro atoms. The number of hydrogen-bond donors (Lipinski definition) is 1. The lowest BCUT2D eigenvalue weighted by atomic mass is 9.84. The van der Waals surface area contributed by atoms with Crippen molar-refractivity contribution < 1.29 is 0 Å². The van der Waals surface area contributed by atoms with Gasteiger partial charge in [0, 0.05) is 24.0 Å². The molecule has 0 radical (unpaired) electrons. The molecule has 0 amide bonds. The van der Waals surface area contributed by atoms with Crippen molar-refractivity contribution in [3.8, 4) is 6.07 Å². The summed E-state index contributed by atoms with van der Waals surface area (Å²) in [6.07, 6.45) is 11.0. The highest BCUT2D eigenvalue weighted by Crippen LogP contribution is 2.36. The van der Waals surface area contributed by atoms with E-state index < -0.39 is 0 Å². The minimum atomic E-state index is 0.491. The van der Waals surface area contributed by atoms with Crippen molar-refractivity contribution in [3.63, 3.8) is 0 Å². The number of fused-ring (bicyclic) bond motifs is 3. The van der Waals surface area contributed by atoms with Gasteiger partial charge in [0.2, 0.25) is 0 Å². The van der Waals surface area contributed by atoms with Crippen molar-refractivity contribution in [2.75, 3.05) is 0 Å². The first-order chi connectivity index (χ1) is 10.4. The molecule has 1 aliphatic rings. The zero-order chi connectivity index (χ0) is 14.2. The Balaban J connectivity index is 1.71. The highest BCUT2D eigenvalue weighted by atomic mass is 15.1. The lowest BCUT2D eigenvalue weighted by Crippen LogP contribution is -2.17. The second kappa shape index (κ2) is 4.88. The van der Waals surface area contributed by atoms with E-state index >= 15 is 0 Å². The number of rotatable bonds is 2. The first-order valence-corrected chi connectivity index (χ1v) is 7.52. The maximum Gasteiger partial charge on any atom is 0.139 e. The van der Waals surface area contributed by atoms with Gasteiger partial charge in [0.1, 0.15) is 11.2 Å². The Morgan fingerprint density at radius 3 is 2.95 bits per heavy atom. The maximum atomic E-state index is 8.83. The molecule has 3 heterocycles. The van der Waals surface area contributed by atoms with Gasteiger partial charge in [0.15, 0.2) is 0 Å². The number of H-pyrrole nitrogens is 1. The third-order valence-corrected chi connectivity index (χ3v) is 4.71. The van der Waals surface area contributed by atoms with E-state index in [-0.39, 0.29) is 0 Å². The quantitative estimate of drug-likeness (QED) is 0.779. The summed E-state index contributed by atoms with van der Waals surface area (Å²) >= 11 is 0. The van der Waals surface area contributed by atoms with Crippen LogP contribution in [0.2, 0.25) is 0 Å². The van der Waals surface area contributed by atoms with Gasteiger partial charge in [-0.25, -0.2) is 9.97 Å². The third-order valence-electron chi connectivity index (χ3n) is 4.71. The van der Waals surface area contributed by atoms with Crippen LogP contribution in [-0.2, 0) is 0 Å². The van der Waals surface area contributed by atoms with E-state index in [4.69, 9.17) is 5.26 Å². The van der Waals surface area contributed by atoms with E-state index in [0.29, 0.717) is 18.4 Å². The van der Waals surface area contributed by atoms with Crippen molar-refractivity contribution in [3.05, 3.63) is 24.8 Å². The van der Waals surface area contributed by atoms with Crippen LogP contribution in [0.1, 0.15) is 38.1 Å². The van der Waals surface area contributed by atoms with Gasteiger partial charge in [0.05, 0.1) is 24.1 Å². The molecule has 0 saturated heterocycles. The molecule has 106 valence electrons. The average Bonchev–Trinajstić information content (AvgIpc) is 3.14. The Hall–Kier alpha value is -2.35. The molecule has 1 N–H and O–H groups in total. The van der Waals surface area contributed by atoms with Crippen LogP contribution in [0.5, 0.6) is 0 Å². The molecule has 0 aromatic carbocycles. The lowest BCUT2D eigenvalue weighted by Gasteiger charge is -2.28. The lowest BCUT2D eigenvalue weighted by molar-refractivity contribution is 0.281. The molecule has 5 heteroatoms. The van der Waals surface area contributed by atoms with Crippen LogP contribution < -0.4 is 0 Å². The molecule has 0 unspecified atom stereocenters. The summed E-state index contributed by atoms with van der Waals surface area (Å²) in [6.45, 7) is 0. The van der Waals surface area contributed by atoms with Gasteiger partial charge in [0.25, 0.3) is 0 Å². The van der Waals surface area contributed by atoms with E-state index in [9.17, 15) is 0 Å². The molecule has 21 heavy (non-hydrogen) atoms. The van der Waals surface area contributed by atoms with Gasteiger partial charge in [-0.3, -0.25) is 0 Å². The van der Waals surface area contributed by atoms with Crippen molar-refractivity contribution in [2.24, 2.45) is 5.92 Å².